The molecule has 7 heteroatoms. The molecule has 1 aliphatic rings. The Balaban J connectivity index is 1.92. The number of anilines is 1. The fourth-order valence-electron chi connectivity index (χ4n) is 1.93. The van der Waals surface area contributed by atoms with E-state index in [1.54, 1.807) is 6.20 Å². The number of halogens is 1. The number of aromatic nitrogens is 5. The smallest absolute Gasteiger partial charge is 0.169 e. The van der Waals surface area contributed by atoms with Gasteiger partial charge in [0.25, 0.3) is 0 Å². The number of hydrogen-bond acceptors (Lipinski definition) is 4. The van der Waals surface area contributed by atoms with Crippen LogP contribution in [-0.4, -0.2) is 24.5 Å². The Morgan fingerprint density at radius 1 is 1.53 bits per heavy atom. The molecule has 2 aromatic heterocycles. The highest BCUT2D eigenvalue weighted by molar-refractivity contribution is 6.29. The lowest BCUT2D eigenvalue weighted by atomic mass is 10.3. The average Bonchev–Trinajstić information content (AvgIpc) is 3.01. The van der Waals surface area contributed by atoms with E-state index < -0.39 is 0 Å². The highest BCUT2D eigenvalue weighted by Crippen LogP contribution is 2.42. The van der Waals surface area contributed by atoms with Crippen molar-refractivity contribution < 1.29 is 0 Å². The van der Waals surface area contributed by atoms with Crippen LogP contribution in [0.5, 0.6) is 0 Å². The summed E-state index contributed by atoms with van der Waals surface area (Å²) in [6.07, 6.45) is 3.96. The summed E-state index contributed by atoms with van der Waals surface area (Å²) >= 11 is 5.95. The van der Waals surface area contributed by atoms with E-state index in [0.717, 1.165) is 11.5 Å². The molecule has 1 aliphatic carbocycles. The summed E-state index contributed by atoms with van der Waals surface area (Å²) in [5.41, 5.74) is 6.86. The van der Waals surface area contributed by atoms with Gasteiger partial charge in [0.2, 0.25) is 0 Å². The van der Waals surface area contributed by atoms with Gasteiger partial charge in [-0.3, -0.25) is 0 Å². The molecule has 17 heavy (non-hydrogen) atoms. The topological polar surface area (TPSA) is 74.5 Å². The van der Waals surface area contributed by atoms with Crippen molar-refractivity contribution in [2.24, 2.45) is 7.05 Å². The van der Waals surface area contributed by atoms with Crippen LogP contribution in [0.2, 0.25) is 5.15 Å². The van der Waals surface area contributed by atoms with Gasteiger partial charge in [-0.15, -0.1) is 5.10 Å². The molecule has 0 spiro atoms. The Morgan fingerprint density at radius 3 is 2.88 bits per heavy atom. The monoisotopic (exact) mass is 252 g/mol. The maximum absolute atomic E-state index is 5.95. The second kappa shape index (κ2) is 3.73. The lowest BCUT2D eigenvalue weighted by molar-refractivity contribution is 0.584. The third-order valence-electron chi connectivity index (χ3n) is 3.08. The van der Waals surface area contributed by atoms with Crippen LogP contribution in [0.25, 0.3) is 0 Å². The molecule has 0 aliphatic heterocycles. The Hall–Kier alpha value is -1.56. The fraction of sp³-hybridized carbons (Fsp3) is 0.500. The van der Waals surface area contributed by atoms with Gasteiger partial charge in [0.1, 0.15) is 17.5 Å². The largest absolute Gasteiger partial charge is 0.381 e. The van der Waals surface area contributed by atoms with Crippen LogP contribution < -0.4 is 5.73 Å². The molecular weight excluding hydrogens is 240 g/mol. The molecule has 0 atom stereocenters. The molecule has 2 aromatic rings. The lowest BCUT2D eigenvalue weighted by Gasteiger charge is -2.06. The summed E-state index contributed by atoms with van der Waals surface area (Å²) in [6.45, 7) is 0.555. The summed E-state index contributed by atoms with van der Waals surface area (Å²) in [5, 5.41) is 8.61. The summed E-state index contributed by atoms with van der Waals surface area (Å²) in [6, 6.07) is 0. The molecule has 6 nitrogen and oxygen atoms in total. The number of imidazole rings is 1. The maximum atomic E-state index is 5.95. The van der Waals surface area contributed by atoms with Crippen LogP contribution >= 0.6 is 11.6 Å². The average molecular weight is 253 g/mol. The van der Waals surface area contributed by atoms with Crippen LogP contribution in [0.3, 0.4) is 0 Å². The summed E-state index contributed by atoms with van der Waals surface area (Å²) in [5.74, 6) is 1.90. The lowest BCUT2D eigenvalue weighted by Crippen LogP contribution is -2.10. The van der Waals surface area contributed by atoms with Gasteiger partial charge in [0.15, 0.2) is 5.82 Å². The van der Waals surface area contributed by atoms with Gasteiger partial charge in [0, 0.05) is 13.0 Å². The highest BCUT2D eigenvalue weighted by Gasteiger charge is 2.30. The van der Waals surface area contributed by atoms with Crippen molar-refractivity contribution in [2.75, 3.05) is 5.73 Å². The minimum Gasteiger partial charge on any atom is -0.381 e. The zero-order valence-electron chi connectivity index (χ0n) is 9.47. The van der Waals surface area contributed by atoms with Crippen molar-refractivity contribution >= 4 is 17.4 Å². The molecule has 0 amide bonds. The van der Waals surface area contributed by atoms with Crippen LogP contribution in [0.1, 0.15) is 30.3 Å². The third-order valence-corrected chi connectivity index (χ3v) is 3.44. The van der Waals surface area contributed by atoms with Gasteiger partial charge < -0.3 is 10.3 Å². The maximum Gasteiger partial charge on any atom is 0.169 e. The fourth-order valence-corrected chi connectivity index (χ4v) is 2.08. The molecule has 2 N–H and O–H groups in total. The van der Waals surface area contributed by atoms with E-state index in [1.165, 1.54) is 12.8 Å². The van der Waals surface area contributed by atoms with E-state index in [1.807, 2.05) is 16.3 Å². The Labute approximate surface area is 103 Å². The minimum absolute atomic E-state index is 0.515. The predicted molar refractivity (Wildman–Crippen MR) is 63.7 cm³/mol. The molecular formula is C10H13ClN6. The Bertz CT molecular complexity index is 553. The van der Waals surface area contributed by atoms with E-state index in [9.17, 15) is 0 Å². The molecule has 0 radical (unpaired) electrons. The first-order valence-corrected chi connectivity index (χ1v) is 5.89. The van der Waals surface area contributed by atoms with Crippen LogP contribution in [0.15, 0.2) is 6.20 Å². The van der Waals surface area contributed by atoms with Crippen molar-refractivity contribution in [1.29, 1.82) is 0 Å². The molecule has 90 valence electrons. The van der Waals surface area contributed by atoms with Crippen molar-refractivity contribution in [3.63, 3.8) is 0 Å². The predicted octanol–water partition coefficient (Wildman–Crippen LogP) is 1.17. The zero-order valence-corrected chi connectivity index (χ0v) is 10.2. The van der Waals surface area contributed by atoms with E-state index in [-0.39, 0.29) is 0 Å². The minimum atomic E-state index is 0.515. The van der Waals surface area contributed by atoms with Crippen molar-refractivity contribution in [3.05, 3.63) is 22.9 Å². The van der Waals surface area contributed by atoms with Crippen molar-refractivity contribution in [1.82, 2.24) is 24.5 Å². The first-order chi connectivity index (χ1) is 8.16. The molecule has 0 bridgehead atoms. The number of nitrogens with zero attached hydrogens (tertiary/aromatic N) is 5. The molecule has 1 saturated carbocycles. The highest BCUT2D eigenvalue weighted by atomic mass is 35.5. The first-order valence-electron chi connectivity index (χ1n) is 5.51. The summed E-state index contributed by atoms with van der Waals surface area (Å²) < 4.78 is 3.65. The second-order valence-electron chi connectivity index (χ2n) is 4.35. The van der Waals surface area contributed by atoms with Crippen molar-refractivity contribution in [2.45, 2.75) is 25.3 Å². The quantitative estimate of drug-likeness (QED) is 0.890. The Kier molecular flexibility index (Phi) is 2.32. The number of nitrogens with two attached hydrogens (primary N) is 1. The first kappa shape index (κ1) is 10.6. The van der Waals surface area contributed by atoms with Crippen LogP contribution in [0.4, 0.5) is 5.82 Å². The van der Waals surface area contributed by atoms with E-state index >= 15 is 0 Å². The third kappa shape index (κ3) is 1.78. The molecule has 0 aromatic carbocycles. The molecule has 2 heterocycles. The van der Waals surface area contributed by atoms with Gasteiger partial charge in [0.05, 0.1) is 11.9 Å². The normalized spacial score (nSPS) is 15.4. The van der Waals surface area contributed by atoms with E-state index in [0.29, 0.717) is 23.4 Å². The van der Waals surface area contributed by atoms with Gasteiger partial charge in [-0.05, 0) is 12.8 Å². The zero-order chi connectivity index (χ0) is 12.0. The van der Waals surface area contributed by atoms with Gasteiger partial charge in [-0.2, -0.15) is 0 Å². The summed E-state index contributed by atoms with van der Waals surface area (Å²) in [4.78, 5) is 4.24. The van der Waals surface area contributed by atoms with E-state index in [2.05, 4.69) is 15.3 Å². The van der Waals surface area contributed by atoms with Crippen molar-refractivity contribution in [3.8, 4) is 0 Å². The molecule has 0 unspecified atom stereocenters. The molecule has 3 rings (SSSR count). The van der Waals surface area contributed by atoms with Gasteiger partial charge in [-0.1, -0.05) is 16.8 Å². The standard InChI is InChI=1S/C10H13ClN6/c1-16-7(11)4-13-8(16)5-17-9(6-2-3-6)10(12)14-15-17/h4,6H,2-3,5,12H2,1H3. The number of nitrogen functional groups attached to an aromatic ring is 1. The SMILES string of the molecule is Cn1c(Cl)cnc1Cn1nnc(N)c1C1CC1. The Morgan fingerprint density at radius 2 is 2.29 bits per heavy atom. The second-order valence-corrected chi connectivity index (χ2v) is 4.74. The summed E-state index contributed by atoms with van der Waals surface area (Å²) in [7, 11) is 1.88. The van der Waals surface area contributed by atoms with E-state index in [4.69, 9.17) is 17.3 Å². The van der Waals surface area contributed by atoms with Crippen LogP contribution in [0, 0.1) is 0 Å². The molecule has 1 fully saturated rings. The van der Waals surface area contributed by atoms with Crippen LogP contribution in [-0.2, 0) is 13.6 Å². The van der Waals surface area contributed by atoms with Gasteiger partial charge in [-0.25, -0.2) is 9.67 Å². The number of hydrogen-bond donors (Lipinski definition) is 1. The van der Waals surface area contributed by atoms with Gasteiger partial charge >= 0.3 is 0 Å². The molecule has 0 saturated heterocycles. The number of rotatable bonds is 3.